The van der Waals surface area contributed by atoms with Gasteiger partial charge in [0.25, 0.3) is 15.0 Å². The predicted octanol–water partition coefficient (Wildman–Crippen LogP) is 2.09. The first-order chi connectivity index (χ1) is 9.91. The van der Waals surface area contributed by atoms with Crippen LogP contribution in [0.4, 0.5) is 0 Å². The minimum Gasteiger partial charge on any atom is -0.337 e. The van der Waals surface area contributed by atoms with Crippen LogP contribution in [0.25, 0.3) is 0 Å². The summed E-state index contributed by atoms with van der Waals surface area (Å²) in [5, 5.41) is 6.67. The number of hydrogen-bond acceptors (Lipinski definition) is 4. The minimum absolute atomic E-state index is 0.0607. The number of carbonyl (C=O) groups is 1. The van der Waals surface area contributed by atoms with Gasteiger partial charge in [0.1, 0.15) is 4.90 Å². The van der Waals surface area contributed by atoms with E-state index in [0.717, 1.165) is 25.7 Å². The van der Waals surface area contributed by atoms with Gasteiger partial charge in [0.2, 0.25) is 0 Å². The van der Waals surface area contributed by atoms with Crippen molar-refractivity contribution in [3.63, 3.8) is 0 Å². The third kappa shape index (κ3) is 3.08. The van der Waals surface area contributed by atoms with E-state index in [0.29, 0.717) is 24.7 Å². The van der Waals surface area contributed by atoms with E-state index in [2.05, 4.69) is 10.2 Å². The number of amides is 1. The zero-order valence-corrected chi connectivity index (χ0v) is 13.4. The molecule has 0 aromatic carbocycles. The van der Waals surface area contributed by atoms with Crippen LogP contribution in [0.3, 0.4) is 0 Å². The maximum atomic E-state index is 12.6. The van der Waals surface area contributed by atoms with E-state index in [-0.39, 0.29) is 22.4 Å². The SMILES string of the molecule is CCN(CC1CC1)C(=O)c1n[nH]c(C2CC2)c1S(=O)(=O)Cl. The summed E-state index contributed by atoms with van der Waals surface area (Å²) in [7, 11) is 1.54. The van der Waals surface area contributed by atoms with E-state index in [1.54, 1.807) is 4.90 Å². The highest BCUT2D eigenvalue weighted by atomic mass is 35.7. The van der Waals surface area contributed by atoms with Gasteiger partial charge in [-0.1, -0.05) is 0 Å². The third-order valence-corrected chi connectivity index (χ3v) is 5.39. The molecule has 0 radical (unpaired) electrons. The highest BCUT2D eigenvalue weighted by molar-refractivity contribution is 8.13. The minimum atomic E-state index is -3.99. The number of aromatic amines is 1. The van der Waals surface area contributed by atoms with Gasteiger partial charge in [0.05, 0.1) is 5.69 Å². The van der Waals surface area contributed by atoms with Crippen molar-refractivity contribution in [3.05, 3.63) is 11.4 Å². The van der Waals surface area contributed by atoms with Crippen molar-refractivity contribution in [2.24, 2.45) is 5.92 Å². The van der Waals surface area contributed by atoms with Gasteiger partial charge in [-0.25, -0.2) is 8.42 Å². The van der Waals surface area contributed by atoms with Gasteiger partial charge in [0.15, 0.2) is 5.69 Å². The van der Waals surface area contributed by atoms with Crippen LogP contribution in [0.1, 0.15) is 54.7 Å². The quantitative estimate of drug-likeness (QED) is 0.809. The van der Waals surface area contributed by atoms with Crippen molar-refractivity contribution < 1.29 is 13.2 Å². The first-order valence-corrected chi connectivity index (χ1v) is 9.55. The van der Waals surface area contributed by atoms with Crippen molar-refractivity contribution in [1.82, 2.24) is 15.1 Å². The lowest BCUT2D eigenvalue weighted by Gasteiger charge is -2.19. The highest BCUT2D eigenvalue weighted by Crippen LogP contribution is 2.43. The molecule has 0 atom stereocenters. The summed E-state index contributed by atoms with van der Waals surface area (Å²) >= 11 is 0. The molecule has 2 aliphatic carbocycles. The maximum Gasteiger partial charge on any atom is 0.275 e. The van der Waals surface area contributed by atoms with Gasteiger partial charge < -0.3 is 4.90 Å². The zero-order chi connectivity index (χ0) is 15.2. The van der Waals surface area contributed by atoms with Crippen LogP contribution in [0.2, 0.25) is 0 Å². The van der Waals surface area contributed by atoms with E-state index >= 15 is 0 Å². The summed E-state index contributed by atoms with van der Waals surface area (Å²) in [6.07, 6.45) is 4.04. The van der Waals surface area contributed by atoms with Gasteiger partial charge in [-0.3, -0.25) is 9.89 Å². The topological polar surface area (TPSA) is 83.1 Å². The number of hydrogen-bond donors (Lipinski definition) is 1. The van der Waals surface area contributed by atoms with E-state index in [1.165, 1.54) is 0 Å². The average molecular weight is 332 g/mol. The van der Waals surface area contributed by atoms with Crippen LogP contribution in [-0.4, -0.2) is 42.5 Å². The molecule has 2 saturated carbocycles. The molecule has 0 bridgehead atoms. The van der Waals surface area contributed by atoms with Gasteiger partial charge >= 0.3 is 0 Å². The standard InChI is InChI=1S/C13H18ClN3O3S/c1-2-17(7-8-3-4-8)13(18)11-12(21(14,19)20)10(15-16-11)9-5-6-9/h8-9H,2-7H2,1H3,(H,15,16). The monoisotopic (exact) mass is 331 g/mol. The Morgan fingerprint density at radius 1 is 1.38 bits per heavy atom. The molecule has 2 aliphatic rings. The molecule has 1 aromatic heterocycles. The van der Waals surface area contributed by atoms with Gasteiger partial charge in [0, 0.05) is 29.7 Å². The summed E-state index contributed by atoms with van der Waals surface area (Å²) in [5.41, 5.74) is 0.422. The van der Waals surface area contributed by atoms with E-state index in [9.17, 15) is 13.2 Å². The largest absolute Gasteiger partial charge is 0.337 e. The van der Waals surface area contributed by atoms with Crippen LogP contribution in [-0.2, 0) is 9.05 Å². The lowest BCUT2D eigenvalue weighted by Crippen LogP contribution is -2.33. The number of nitrogens with zero attached hydrogens (tertiary/aromatic N) is 2. The first-order valence-electron chi connectivity index (χ1n) is 7.24. The van der Waals surface area contributed by atoms with Crippen molar-refractivity contribution in [3.8, 4) is 0 Å². The molecular weight excluding hydrogens is 314 g/mol. The number of carbonyl (C=O) groups excluding carboxylic acids is 1. The number of nitrogens with one attached hydrogen (secondary N) is 1. The number of H-pyrrole nitrogens is 1. The molecule has 21 heavy (non-hydrogen) atoms. The van der Waals surface area contributed by atoms with E-state index in [4.69, 9.17) is 10.7 Å². The molecule has 0 unspecified atom stereocenters. The smallest absolute Gasteiger partial charge is 0.275 e. The van der Waals surface area contributed by atoms with Gasteiger partial charge in [-0.05, 0) is 38.5 Å². The number of halogens is 1. The highest BCUT2D eigenvalue weighted by Gasteiger charge is 2.38. The first kappa shape index (κ1) is 14.8. The Morgan fingerprint density at radius 2 is 2.05 bits per heavy atom. The Hall–Kier alpha value is -1.08. The fourth-order valence-electron chi connectivity index (χ4n) is 2.50. The second-order valence-corrected chi connectivity index (χ2v) is 8.32. The summed E-state index contributed by atoms with van der Waals surface area (Å²) in [6.45, 7) is 3.06. The lowest BCUT2D eigenvalue weighted by molar-refractivity contribution is 0.0747. The third-order valence-electron chi connectivity index (χ3n) is 4.02. The normalized spacial score (nSPS) is 18.8. The van der Waals surface area contributed by atoms with Gasteiger partial charge in [-0.15, -0.1) is 0 Å². The molecule has 116 valence electrons. The number of aromatic nitrogens is 2. The average Bonchev–Trinajstić information content (AvgIpc) is 3.33. The molecule has 1 N–H and O–H groups in total. The van der Waals surface area contributed by atoms with Crippen LogP contribution in [0, 0.1) is 5.92 Å². The number of rotatable bonds is 6. The Morgan fingerprint density at radius 3 is 2.52 bits per heavy atom. The van der Waals surface area contributed by atoms with E-state index in [1.807, 2.05) is 6.92 Å². The molecule has 1 amide bonds. The summed E-state index contributed by atoms with van der Waals surface area (Å²) in [4.78, 5) is 14.1. The molecule has 2 fully saturated rings. The molecular formula is C13H18ClN3O3S. The molecule has 6 nitrogen and oxygen atoms in total. The second-order valence-electron chi connectivity index (χ2n) is 5.81. The van der Waals surface area contributed by atoms with Crippen LogP contribution >= 0.6 is 10.7 Å². The summed E-state index contributed by atoms with van der Waals surface area (Å²) in [5.74, 6) is 0.305. The molecule has 0 aliphatic heterocycles. The predicted molar refractivity (Wildman–Crippen MR) is 77.9 cm³/mol. The van der Waals surface area contributed by atoms with Crippen molar-refractivity contribution >= 4 is 25.6 Å². The molecule has 1 aromatic rings. The lowest BCUT2D eigenvalue weighted by atomic mass is 10.2. The summed E-state index contributed by atoms with van der Waals surface area (Å²) in [6, 6.07) is 0. The van der Waals surface area contributed by atoms with Crippen molar-refractivity contribution in [2.75, 3.05) is 13.1 Å². The van der Waals surface area contributed by atoms with Crippen LogP contribution in [0.15, 0.2) is 4.90 Å². The Kier molecular flexibility index (Phi) is 3.73. The van der Waals surface area contributed by atoms with E-state index < -0.39 is 9.05 Å². The van der Waals surface area contributed by atoms with Crippen molar-refractivity contribution in [2.45, 2.75) is 43.4 Å². The fourth-order valence-corrected chi connectivity index (χ4v) is 3.81. The van der Waals surface area contributed by atoms with Crippen LogP contribution < -0.4 is 0 Å². The Labute approximate surface area is 128 Å². The van der Waals surface area contributed by atoms with Crippen molar-refractivity contribution in [1.29, 1.82) is 0 Å². The molecule has 3 rings (SSSR count). The Balaban J connectivity index is 1.95. The second kappa shape index (κ2) is 5.28. The summed E-state index contributed by atoms with van der Waals surface area (Å²) < 4.78 is 23.7. The van der Waals surface area contributed by atoms with Crippen LogP contribution in [0.5, 0.6) is 0 Å². The maximum absolute atomic E-state index is 12.6. The Bertz CT molecular complexity index is 662. The zero-order valence-electron chi connectivity index (χ0n) is 11.8. The fraction of sp³-hybridized carbons (Fsp3) is 0.692. The molecule has 0 spiro atoms. The molecule has 8 heteroatoms. The molecule has 1 heterocycles. The van der Waals surface area contributed by atoms with Gasteiger partial charge in [-0.2, -0.15) is 5.10 Å². The molecule has 0 saturated heterocycles.